The number of piperidine rings is 1. The Morgan fingerprint density at radius 1 is 1.41 bits per heavy atom. The van der Waals surface area contributed by atoms with E-state index >= 15 is 0 Å². The monoisotopic (exact) mass is 240 g/mol. The van der Waals surface area contributed by atoms with E-state index < -0.39 is 0 Å². The lowest BCUT2D eigenvalue weighted by Gasteiger charge is -2.37. The molecule has 0 aromatic heterocycles. The molecule has 2 atom stereocenters. The molecule has 3 nitrogen and oxygen atoms in total. The van der Waals surface area contributed by atoms with Crippen molar-refractivity contribution in [1.82, 2.24) is 4.90 Å². The lowest BCUT2D eigenvalue weighted by atomic mass is 9.86. The van der Waals surface area contributed by atoms with Crippen LogP contribution in [0.5, 0.6) is 0 Å². The van der Waals surface area contributed by atoms with Crippen molar-refractivity contribution in [3.05, 3.63) is 0 Å². The average molecular weight is 240 g/mol. The fraction of sp³-hybridized carbons (Fsp3) is 0.929. The SMILES string of the molecule is CC1CCN(C(=O)CCC(C)(C)C)CC1CN. The number of hydrogen-bond donors (Lipinski definition) is 1. The largest absolute Gasteiger partial charge is 0.342 e. The normalized spacial score (nSPS) is 26.1. The Labute approximate surface area is 106 Å². The second-order valence-electron chi connectivity index (χ2n) is 6.66. The van der Waals surface area contributed by atoms with E-state index in [1.807, 2.05) is 4.90 Å². The van der Waals surface area contributed by atoms with E-state index in [4.69, 9.17) is 5.73 Å². The molecule has 1 heterocycles. The van der Waals surface area contributed by atoms with Crippen molar-refractivity contribution in [2.75, 3.05) is 19.6 Å². The number of rotatable bonds is 3. The van der Waals surface area contributed by atoms with Crippen LogP contribution in [-0.4, -0.2) is 30.4 Å². The number of amides is 1. The second kappa shape index (κ2) is 5.85. The van der Waals surface area contributed by atoms with Crippen molar-refractivity contribution in [1.29, 1.82) is 0 Å². The predicted octanol–water partition coefficient (Wildman–Crippen LogP) is 2.26. The van der Waals surface area contributed by atoms with Crippen LogP contribution in [0.2, 0.25) is 0 Å². The molecule has 0 aliphatic carbocycles. The highest BCUT2D eigenvalue weighted by molar-refractivity contribution is 5.76. The summed E-state index contributed by atoms with van der Waals surface area (Å²) in [6.07, 6.45) is 2.74. The van der Waals surface area contributed by atoms with Crippen LogP contribution in [0.4, 0.5) is 0 Å². The third-order valence-corrected chi connectivity index (χ3v) is 3.86. The van der Waals surface area contributed by atoms with Gasteiger partial charge in [-0.2, -0.15) is 0 Å². The van der Waals surface area contributed by atoms with Gasteiger partial charge in [0.05, 0.1) is 0 Å². The van der Waals surface area contributed by atoms with Crippen molar-refractivity contribution in [2.24, 2.45) is 23.0 Å². The topological polar surface area (TPSA) is 46.3 Å². The average Bonchev–Trinajstić information content (AvgIpc) is 2.25. The molecule has 1 aliphatic rings. The number of carbonyl (C=O) groups is 1. The third kappa shape index (κ3) is 4.66. The van der Waals surface area contributed by atoms with Crippen LogP contribution in [0.15, 0.2) is 0 Å². The van der Waals surface area contributed by atoms with E-state index in [0.717, 1.165) is 25.9 Å². The molecular weight excluding hydrogens is 212 g/mol. The van der Waals surface area contributed by atoms with Gasteiger partial charge in [-0.3, -0.25) is 4.79 Å². The van der Waals surface area contributed by atoms with Crippen molar-refractivity contribution < 1.29 is 4.79 Å². The summed E-state index contributed by atoms with van der Waals surface area (Å²) < 4.78 is 0. The van der Waals surface area contributed by atoms with Gasteiger partial charge in [-0.25, -0.2) is 0 Å². The van der Waals surface area contributed by atoms with E-state index in [1.54, 1.807) is 0 Å². The minimum Gasteiger partial charge on any atom is -0.342 e. The summed E-state index contributed by atoms with van der Waals surface area (Å²) in [6.45, 7) is 11.3. The lowest BCUT2D eigenvalue weighted by molar-refractivity contribution is -0.134. The molecule has 0 radical (unpaired) electrons. The van der Waals surface area contributed by atoms with E-state index in [-0.39, 0.29) is 5.41 Å². The molecule has 2 N–H and O–H groups in total. The van der Waals surface area contributed by atoms with Gasteiger partial charge >= 0.3 is 0 Å². The van der Waals surface area contributed by atoms with Crippen LogP contribution in [0.3, 0.4) is 0 Å². The molecule has 100 valence electrons. The maximum absolute atomic E-state index is 12.1. The summed E-state index contributed by atoms with van der Waals surface area (Å²) in [6, 6.07) is 0. The Morgan fingerprint density at radius 2 is 2.06 bits per heavy atom. The van der Waals surface area contributed by atoms with Gasteiger partial charge in [-0.05, 0) is 36.6 Å². The first-order valence-corrected chi connectivity index (χ1v) is 6.81. The summed E-state index contributed by atoms with van der Waals surface area (Å²) in [5, 5.41) is 0. The number of likely N-dealkylation sites (tertiary alicyclic amines) is 1. The second-order valence-corrected chi connectivity index (χ2v) is 6.66. The van der Waals surface area contributed by atoms with Crippen LogP contribution < -0.4 is 5.73 Å². The molecule has 1 fully saturated rings. The quantitative estimate of drug-likeness (QED) is 0.822. The van der Waals surface area contributed by atoms with Gasteiger partial charge < -0.3 is 10.6 Å². The van der Waals surface area contributed by atoms with Crippen LogP contribution in [0.1, 0.15) is 47.0 Å². The predicted molar refractivity (Wildman–Crippen MR) is 71.6 cm³/mol. The minimum absolute atomic E-state index is 0.242. The molecule has 0 aromatic rings. The van der Waals surface area contributed by atoms with Gasteiger partial charge in [-0.15, -0.1) is 0 Å². The molecule has 0 spiro atoms. The number of carbonyl (C=O) groups excluding carboxylic acids is 1. The van der Waals surface area contributed by atoms with Crippen LogP contribution in [0.25, 0.3) is 0 Å². The molecular formula is C14H28N2O. The maximum atomic E-state index is 12.1. The Hall–Kier alpha value is -0.570. The Kier molecular flexibility index (Phi) is 4.99. The van der Waals surface area contributed by atoms with Crippen LogP contribution >= 0.6 is 0 Å². The molecule has 17 heavy (non-hydrogen) atoms. The lowest BCUT2D eigenvalue weighted by Crippen LogP contribution is -2.45. The smallest absolute Gasteiger partial charge is 0.222 e. The highest BCUT2D eigenvalue weighted by atomic mass is 16.2. The summed E-state index contributed by atoms with van der Waals surface area (Å²) >= 11 is 0. The van der Waals surface area contributed by atoms with Crippen molar-refractivity contribution in [2.45, 2.75) is 47.0 Å². The molecule has 0 saturated carbocycles. The van der Waals surface area contributed by atoms with Gasteiger partial charge in [0.1, 0.15) is 0 Å². The standard InChI is InChI=1S/C14H28N2O/c1-11-6-8-16(10-12(11)9-15)13(17)5-7-14(2,3)4/h11-12H,5-10,15H2,1-4H3. The number of nitrogens with two attached hydrogens (primary N) is 1. The first-order chi connectivity index (χ1) is 7.83. The number of hydrogen-bond acceptors (Lipinski definition) is 2. The van der Waals surface area contributed by atoms with Crippen LogP contribution in [-0.2, 0) is 4.79 Å². The summed E-state index contributed by atoms with van der Waals surface area (Å²) in [7, 11) is 0. The summed E-state index contributed by atoms with van der Waals surface area (Å²) in [5.74, 6) is 1.46. The van der Waals surface area contributed by atoms with Crippen molar-refractivity contribution >= 4 is 5.91 Å². The fourth-order valence-corrected chi connectivity index (χ4v) is 2.32. The zero-order valence-corrected chi connectivity index (χ0v) is 11.8. The minimum atomic E-state index is 0.242. The molecule has 1 rings (SSSR count). The summed E-state index contributed by atoms with van der Waals surface area (Å²) in [5.41, 5.74) is 6.00. The van der Waals surface area contributed by atoms with Crippen molar-refractivity contribution in [3.8, 4) is 0 Å². The highest BCUT2D eigenvalue weighted by Crippen LogP contribution is 2.25. The molecule has 1 aliphatic heterocycles. The Bertz CT molecular complexity index is 257. The zero-order valence-electron chi connectivity index (χ0n) is 11.8. The van der Waals surface area contributed by atoms with Gasteiger partial charge in [-0.1, -0.05) is 27.7 Å². The first-order valence-electron chi connectivity index (χ1n) is 6.81. The Morgan fingerprint density at radius 3 is 2.59 bits per heavy atom. The molecule has 3 heteroatoms. The van der Waals surface area contributed by atoms with Crippen molar-refractivity contribution in [3.63, 3.8) is 0 Å². The van der Waals surface area contributed by atoms with E-state index in [9.17, 15) is 4.79 Å². The number of nitrogens with zero attached hydrogens (tertiary/aromatic N) is 1. The molecule has 1 saturated heterocycles. The van der Waals surface area contributed by atoms with Gasteiger partial charge in [0.25, 0.3) is 0 Å². The third-order valence-electron chi connectivity index (χ3n) is 3.86. The highest BCUT2D eigenvalue weighted by Gasteiger charge is 2.28. The van der Waals surface area contributed by atoms with Gasteiger partial charge in [0, 0.05) is 19.5 Å². The van der Waals surface area contributed by atoms with Crippen LogP contribution in [0, 0.1) is 17.3 Å². The molecule has 1 amide bonds. The maximum Gasteiger partial charge on any atom is 0.222 e. The first kappa shape index (κ1) is 14.5. The molecule has 0 bridgehead atoms. The fourth-order valence-electron chi connectivity index (χ4n) is 2.32. The van der Waals surface area contributed by atoms with E-state index in [0.29, 0.717) is 30.7 Å². The Balaban J connectivity index is 2.42. The van der Waals surface area contributed by atoms with Gasteiger partial charge in [0.15, 0.2) is 0 Å². The summed E-state index contributed by atoms with van der Waals surface area (Å²) in [4.78, 5) is 14.1. The molecule has 2 unspecified atom stereocenters. The van der Waals surface area contributed by atoms with Gasteiger partial charge in [0.2, 0.25) is 5.91 Å². The van der Waals surface area contributed by atoms with E-state index in [1.165, 1.54) is 0 Å². The molecule has 0 aromatic carbocycles. The zero-order chi connectivity index (χ0) is 13.1. The van der Waals surface area contributed by atoms with E-state index in [2.05, 4.69) is 27.7 Å².